The zero-order chi connectivity index (χ0) is 18.8. The number of aryl methyl sites for hydroxylation is 1. The smallest absolute Gasteiger partial charge is 0.232 e. The number of nitrogen functional groups attached to an aromatic ring is 2. The topological polar surface area (TPSA) is 133 Å². The SMILES string of the molecule is CCc1ccccc1Nc1nc(N)nc(CSc2nnc(C3CC3)n2N)n1. The molecule has 10 heteroatoms. The summed E-state index contributed by atoms with van der Waals surface area (Å²) in [5.41, 5.74) is 8.00. The van der Waals surface area contributed by atoms with E-state index in [1.807, 2.05) is 18.2 Å². The van der Waals surface area contributed by atoms with Gasteiger partial charge in [-0.15, -0.1) is 10.2 Å². The van der Waals surface area contributed by atoms with Gasteiger partial charge in [0.25, 0.3) is 0 Å². The first-order valence-electron chi connectivity index (χ1n) is 8.82. The number of anilines is 3. The lowest BCUT2D eigenvalue weighted by Crippen LogP contribution is -2.13. The van der Waals surface area contributed by atoms with E-state index in [9.17, 15) is 0 Å². The quantitative estimate of drug-likeness (QED) is 0.415. The fourth-order valence-corrected chi connectivity index (χ4v) is 3.48. The van der Waals surface area contributed by atoms with Crippen molar-refractivity contribution in [1.29, 1.82) is 0 Å². The van der Waals surface area contributed by atoms with Crippen molar-refractivity contribution in [2.24, 2.45) is 0 Å². The van der Waals surface area contributed by atoms with E-state index in [4.69, 9.17) is 11.6 Å². The van der Waals surface area contributed by atoms with Crippen LogP contribution in [-0.2, 0) is 12.2 Å². The van der Waals surface area contributed by atoms with Crippen molar-refractivity contribution < 1.29 is 0 Å². The van der Waals surface area contributed by atoms with E-state index in [-0.39, 0.29) is 5.95 Å². The van der Waals surface area contributed by atoms with Crippen LogP contribution in [0.5, 0.6) is 0 Å². The van der Waals surface area contributed by atoms with Gasteiger partial charge in [0.15, 0.2) is 5.82 Å². The number of nitrogens with two attached hydrogens (primary N) is 2. The molecule has 0 radical (unpaired) electrons. The molecule has 0 unspecified atom stereocenters. The largest absolute Gasteiger partial charge is 0.368 e. The normalized spacial score (nSPS) is 13.7. The Bertz CT molecular complexity index is 951. The second kappa shape index (κ2) is 7.39. The maximum absolute atomic E-state index is 6.08. The van der Waals surface area contributed by atoms with E-state index >= 15 is 0 Å². The Morgan fingerprint density at radius 3 is 2.78 bits per heavy atom. The molecule has 1 aromatic carbocycles. The average Bonchev–Trinajstić information content (AvgIpc) is 3.43. The van der Waals surface area contributed by atoms with Gasteiger partial charge in [-0.25, -0.2) is 4.68 Å². The summed E-state index contributed by atoms with van der Waals surface area (Å²) in [7, 11) is 0. The van der Waals surface area contributed by atoms with Crippen LogP contribution in [0.15, 0.2) is 29.4 Å². The van der Waals surface area contributed by atoms with Gasteiger partial charge in [0.2, 0.25) is 17.1 Å². The van der Waals surface area contributed by atoms with Crippen LogP contribution in [0.25, 0.3) is 0 Å². The third kappa shape index (κ3) is 3.95. The minimum atomic E-state index is 0.171. The molecule has 0 spiro atoms. The molecule has 2 aromatic heterocycles. The van der Waals surface area contributed by atoms with Crippen LogP contribution in [0, 0.1) is 0 Å². The molecule has 3 aromatic rings. The molecule has 1 aliphatic rings. The van der Waals surface area contributed by atoms with E-state index in [1.165, 1.54) is 17.3 Å². The molecular formula is C17H21N9S. The second-order valence-electron chi connectivity index (χ2n) is 6.34. The van der Waals surface area contributed by atoms with Gasteiger partial charge in [0.1, 0.15) is 5.82 Å². The van der Waals surface area contributed by atoms with Crippen LogP contribution in [0.4, 0.5) is 17.6 Å². The van der Waals surface area contributed by atoms with Gasteiger partial charge in [-0.3, -0.25) is 0 Å². The molecular weight excluding hydrogens is 362 g/mol. The lowest BCUT2D eigenvalue weighted by atomic mass is 10.1. The number of aromatic nitrogens is 6. The van der Waals surface area contributed by atoms with E-state index < -0.39 is 0 Å². The van der Waals surface area contributed by atoms with Gasteiger partial charge in [-0.05, 0) is 30.9 Å². The standard InChI is InChI=1S/C17H21N9S/c1-2-10-5-3-4-6-12(10)20-16-22-13(21-15(18)23-16)9-27-17-25-24-14(26(17)19)11-7-8-11/h3-6,11H,2,7-9,19H2,1H3,(H3,18,20,21,22,23). The van der Waals surface area contributed by atoms with Gasteiger partial charge in [-0.2, -0.15) is 15.0 Å². The van der Waals surface area contributed by atoms with Crippen LogP contribution >= 0.6 is 11.8 Å². The van der Waals surface area contributed by atoms with Gasteiger partial charge in [0.05, 0.1) is 5.75 Å². The maximum Gasteiger partial charge on any atom is 0.232 e. The van der Waals surface area contributed by atoms with Crippen molar-refractivity contribution in [2.75, 3.05) is 16.9 Å². The molecule has 2 heterocycles. The Balaban J connectivity index is 1.49. The summed E-state index contributed by atoms with van der Waals surface area (Å²) in [5, 5.41) is 12.2. The molecule has 0 amide bonds. The Labute approximate surface area is 161 Å². The minimum absolute atomic E-state index is 0.171. The fourth-order valence-electron chi connectivity index (χ4n) is 2.77. The average molecular weight is 383 g/mol. The zero-order valence-electron chi connectivity index (χ0n) is 15.0. The van der Waals surface area contributed by atoms with Crippen LogP contribution in [-0.4, -0.2) is 29.8 Å². The van der Waals surface area contributed by atoms with Gasteiger partial charge < -0.3 is 16.9 Å². The highest BCUT2D eigenvalue weighted by atomic mass is 32.2. The molecule has 4 rings (SSSR count). The Morgan fingerprint density at radius 1 is 1.19 bits per heavy atom. The maximum atomic E-state index is 6.08. The molecule has 9 nitrogen and oxygen atoms in total. The van der Waals surface area contributed by atoms with Crippen LogP contribution in [0.2, 0.25) is 0 Å². The first-order chi connectivity index (χ1) is 13.1. The number of hydrogen-bond acceptors (Lipinski definition) is 9. The summed E-state index contributed by atoms with van der Waals surface area (Å²) in [4.78, 5) is 12.9. The lowest BCUT2D eigenvalue weighted by molar-refractivity contribution is 0.789. The predicted molar refractivity (Wildman–Crippen MR) is 105 cm³/mol. The summed E-state index contributed by atoms with van der Waals surface area (Å²) in [5.74, 6) is 8.98. The van der Waals surface area contributed by atoms with Crippen molar-refractivity contribution in [1.82, 2.24) is 29.8 Å². The monoisotopic (exact) mass is 383 g/mol. The molecule has 140 valence electrons. The van der Waals surface area contributed by atoms with Crippen molar-refractivity contribution in [3.63, 3.8) is 0 Å². The van der Waals surface area contributed by atoms with E-state index in [0.717, 1.165) is 30.8 Å². The Hall–Kier alpha value is -2.88. The first-order valence-corrected chi connectivity index (χ1v) is 9.81. The highest BCUT2D eigenvalue weighted by Crippen LogP contribution is 2.39. The Kier molecular flexibility index (Phi) is 4.80. The summed E-state index contributed by atoms with van der Waals surface area (Å²) in [6.07, 6.45) is 3.15. The van der Waals surface area contributed by atoms with Crippen molar-refractivity contribution in [2.45, 2.75) is 43.0 Å². The number of nitrogens with zero attached hydrogens (tertiary/aromatic N) is 6. The summed E-state index contributed by atoms with van der Waals surface area (Å²) >= 11 is 1.43. The number of hydrogen-bond donors (Lipinski definition) is 3. The molecule has 1 saturated carbocycles. The van der Waals surface area contributed by atoms with Crippen molar-refractivity contribution in [3.8, 4) is 0 Å². The van der Waals surface area contributed by atoms with Crippen LogP contribution in [0.3, 0.4) is 0 Å². The predicted octanol–water partition coefficient (Wildman–Crippen LogP) is 2.23. The highest BCUT2D eigenvalue weighted by molar-refractivity contribution is 7.98. The van der Waals surface area contributed by atoms with E-state index in [2.05, 4.69) is 43.5 Å². The van der Waals surface area contributed by atoms with Crippen molar-refractivity contribution >= 4 is 29.3 Å². The third-order valence-corrected chi connectivity index (χ3v) is 5.25. The number of para-hydroxylation sites is 1. The summed E-state index contributed by atoms with van der Waals surface area (Å²) in [6, 6.07) is 8.03. The minimum Gasteiger partial charge on any atom is -0.368 e. The molecule has 1 fully saturated rings. The number of thioether (sulfide) groups is 1. The fraction of sp³-hybridized carbons (Fsp3) is 0.353. The van der Waals surface area contributed by atoms with Crippen LogP contribution in [0.1, 0.15) is 42.9 Å². The Morgan fingerprint density at radius 2 is 2.00 bits per heavy atom. The second-order valence-corrected chi connectivity index (χ2v) is 7.29. The number of rotatable bonds is 7. The van der Waals surface area contributed by atoms with E-state index in [0.29, 0.717) is 28.6 Å². The van der Waals surface area contributed by atoms with Gasteiger partial charge in [-0.1, -0.05) is 36.9 Å². The first kappa shape index (κ1) is 17.5. The molecule has 1 aliphatic carbocycles. The number of nitrogens with one attached hydrogen (secondary N) is 1. The summed E-state index contributed by atoms with van der Waals surface area (Å²) in [6.45, 7) is 2.10. The molecule has 0 aliphatic heterocycles. The van der Waals surface area contributed by atoms with Crippen molar-refractivity contribution in [3.05, 3.63) is 41.5 Å². The molecule has 0 saturated heterocycles. The lowest BCUT2D eigenvalue weighted by Gasteiger charge is -2.10. The summed E-state index contributed by atoms with van der Waals surface area (Å²) < 4.78 is 1.56. The molecule has 5 N–H and O–H groups in total. The van der Waals surface area contributed by atoms with Crippen LogP contribution < -0.4 is 16.9 Å². The zero-order valence-corrected chi connectivity index (χ0v) is 15.8. The third-order valence-electron chi connectivity index (χ3n) is 4.31. The van der Waals surface area contributed by atoms with Gasteiger partial charge in [0, 0.05) is 11.6 Å². The molecule has 0 atom stereocenters. The molecule has 0 bridgehead atoms. The number of benzene rings is 1. The molecule has 27 heavy (non-hydrogen) atoms. The van der Waals surface area contributed by atoms with E-state index in [1.54, 1.807) is 4.68 Å². The van der Waals surface area contributed by atoms with Gasteiger partial charge >= 0.3 is 0 Å². The highest BCUT2D eigenvalue weighted by Gasteiger charge is 2.29.